The monoisotopic (exact) mass is 1500 g/mol. The molecule has 0 saturated carbocycles. The molecule has 564 valence electrons. The lowest BCUT2D eigenvalue weighted by atomic mass is 9.82. The van der Waals surface area contributed by atoms with Crippen LogP contribution in [-0.2, 0) is 71.7 Å². The minimum absolute atomic E-state index is 0.00878. The number of hydrogen-bond acceptors (Lipinski definition) is 23. The van der Waals surface area contributed by atoms with Crippen molar-refractivity contribution in [3.8, 4) is 34.3 Å². The van der Waals surface area contributed by atoms with Crippen molar-refractivity contribution in [2.45, 2.75) is 102 Å². The maximum Gasteiger partial charge on any atom is 0.257 e. The Hall–Kier alpha value is -13.6. The van der Waals surface area contributed by atoms with Crippen LogP contribution in [0, 0.1) is 26.6 Å². The van der Waals surface area contributed by atoms with Gasteiger partial charge in [-0.3, -0.25) is 63.8 Å². The van der Waals surface area contributed by atoms with Crippen LogP contribution in [0.15, 0.2) is 139 Å². The second-order valence-corrected chi connectivity index (χ2v) is 28.5. The lowest BCUT2D eigenvalue weighted by Gasteiger charge is -2.28. The average molecular weight is 1500 g/mol. The van der Waals surface area contributed by atoms with Crippen LogP contribution in [0.4, 0.5) is 10.2 Å². The predicted molar refractivity (Wildman–Crippen MR) is 393 cm³/mol. The van der Waals surface area contributed by atoms with Crippen LogP contribution in [0.5, 0.6) is 17.2 Å². The number of furan rings is 3. The molecule has 3 saturated heterocycles. The summed E-state index contributed by atoms with van der Waals surface area (Å²) < 4.78 is 52.1. The Balaban J connectivity index is 0.000000126. The number of aryl methyl sites for hydroxylation is 3. The average Bonchev–Trinajstić information content (AvgIpc) is 1.59. The van der Waals surface area contributed by atoms with Crippen molar-refractivity contribution in [1.82, 2.24) is 65.2 Å². The summed E-state index contributed by atoms with van der Waals surface area (Å²) in [6.07, 6.45) is 3.44. The molecular formula is C79H71FN16O15. The minimum Gasteiger partial charge on any atom is -0.497 e. The molecule has 9 amide bonds. The lowest BCUT2D eigenvalue weighted by molar-refractivity contribution is -0.128. The fourth-order valence-corrected chi connectivity index (χ4v) is 15.7. The van der Waals surface area contributed by atoms with Crippen LogP contribution >= 0.6 is 0 Å². The van der Waals surface area contributed by atoms with Gasteiger partial charge in [0.15, 0.2) is 34.1 Å². The number of rotatable bonds is 17. The second kappa shape index (κ2) is 27.3. The van der Waals surface area contributed by atoms with E-state index < -0.39 is 63.4 Å². The number of ether oxygens (including phenoxy) is 3. The standard InChI is InChI=1S/C27H24FN5O5.C27H25N5O5.C25H22N6O5/c1-13-22(14(2)32(3)31-13)16-6-8-18-17(29-16)9-20(38-18)27(10-21(34)30-26(27)36)12-33-11-15-5-7-19(37-4)24(28)23(15)25(33)35;1-3-4-16-9-20(31-30-16)19-7-8-22-21(28-19)11-23(37-22)27(12-24(33)29-26(27)35)14-32-13-15-5-6-17(36-2)10-18(15)25(32)34;1-13-7-20(26)29-31(13)21-6-5-18-17(27-21)9-19(36-18)25(10-22(32)28-24(25)34)12-30-11-14-3-4-15(35-2)8-16(14)23(30)33/h5-9H,10-12H2,1-4H3,(H,30,34,36);5-11,16H,3-4,12-14H2,1-2H3,(H,29,33,35);3-9H,10-12H2,1-2H3,(H2,26,29)(H,28,32,34)/t27-;16?,27-;25-/m111/s1. The third-order valence-electron chi connectivity index (χ3n) is 21.4. The first-order valence-corrected chi connectivity index (χ1v) is 35.6. The summed E-state index contributed by atoms with van der Waals surface area (Å²) in [5, 5.41) is 24.4. The number of benzene rings is 3. The third kappa shape index (κ3) is 12.3. The number of aromatic nitrogens is 7. The number of halogens is 1. The zero-order chi connectivity index (χ0) is 77.9. The molecule has 3 fully saturated rings. The Morgan fingerprint density at radius 1 is 0.550 bits per heavy atom. The molecule has 32 heteroatoms. The van der Waals surface area contributed by atoms with E-state index in [1.54, 1.807) is 111 Å². The van der Waals surface area contributed by atoms with Crippen LogP contribution < -0.4 is 35.9 Å². The molecule has 3 aromatic carbocycles. The Morgan fingerprint density at radius 3 is 1.49 bits per heavy atom. The van der Waals surface area contributed by atoms with E-state index in [9.17, 15) is 47.5 Å². The molecular weight excluding hydrogens is 1430 g/mol. The fourth-order valence-electron chi connectivity index (χ4n) is 15.7. The number of hydrogen-bond donors (Lipinski definition) is 4. The summed E-state index contributed by atoms with van der Waals surface area (Å²) in [7, 11) is 6.26. The number of carbonyl (C=O) groups is 9. The topological polar surface area (TPSA) is 392 Å². The number of carbonyl (C=O) groups excluding carboxylic acids is 9. The van der Waals surface area contributed by atoms with E-state index in [1.165, 1.54) is 25.2 Å². The minimum atomic E-state index is -1.49. The fraction of sp³-hybridized carbons (Fsp3) is 0.291. The number of methoxy groups -OCH3 is 3. The van der Waals surface area contributed by atoms with Crippen LogP contribution in [0.2, 0.25) is 0 Å². The number of nitrogens with zero attached hydrogens (tertiary/aromatic N) is 12. The van der Waals surface area contributed by atoms with Crippen molar-refractivity contribution in [3.63, 3.8) is 0 Å². The first-order chi connectivity index (χ1) is 53.3. The molecule has 7 aliphatic heterocycles. The van der Waals surface area contributed by atoms with Gasteiger partial charge < -0.3 is 47.9 Å². The number of nitrogen functional groups attached to an aromatic ring is 1. The van der Waals surface area contributed by atoms with Gasteiger partial charge in [0.05, 0.1) is 69.3 Å². The molecule has 7 aliphatic rings. The van der Waals surface area contributed by atoms with E-state index in [0.717, 1.165) is 46.6 Å². The van der Waals surface area contributed by atoms with Crippen LogP contribution in [0.1, 0.15) is 127 Å². The molecule has 111 heavy (non-hydrogen) atoms. The maximum absolute atomic E-state index is 14.9. The zero-order valence-corrected chi connectivity index (χ0v) is 61.3. The van der Waals surface area contributed by atoms with Crippen LogP contribution in [-0.4, -0.2) is 149 Å². The van der Waals surface area contributed by atoms with Gasteiger partial charge in [-0.2, -0.15) is 15.3 Å². The van der Waals surface area contributed by atoms with Gasteiger partial charge in [0.25, 0.3) is 17.7 Å². The van der Waals surface area contributed by atoms with E-state index in [0.29, 0.717) is 109 Å². The summed E-state index contributed by atoms with van der Waals surface area (Å²) in [5.41, 5.74) is 13.1. The van der Waals surface area contributed by atoms with Gasteiger partial charge in [0.2, 0.25) is 35.4 Å². The molecule has 18 rings (SSSR count). The molecule has 4 atom stereocenters. The molecule has 0 spiro atoms. The Labute approximate surface area is 629 Å². The molecule has 0 bridgehead atoms. The molecule has 31 nitrogen and oxygen atoms in total. The third-order valence-corrected chi connectivity index (χ3v) is 21.4. The number of azo groups is 1. The van der Waals surface area contributed by atoms with E-state index in [4.69, 9.17) is 43.2 Å². The van der Waals surface area contributed by atoms with Crippen molar-refractivity contribution in [2.75, 3.05) is 46.7 Å². The zero-order valence-electron chi connectivity index (χ0n) is 61.3. The van der Waals surface area contributed by atoms with E-state index >= 15 is 0 Å². The quantitative estimate of drug-likeness (QED) is 0.0620. The van der Waals surface area contributed by atoms with Gasteiger partial charge >= 0.3 is 0 Å². The highest BCUT2D eigenvalue weighted by atomic mass is 19.1. The van der Waals surface area contributed by atoms with E-state index in [2.05, 4.69) is 48.3 Å². The highest BCUT2D eigenvalue weighted by Gasteiger charge is 2.56. The van der Waals surface area contributed by atoms with Crippen molar-refractivity contribution in [3.05, 3.63) is 195 Å². The largest absolute Gasteiger partial charge is 0.497 e. The molecule has 15 heterocycles. The highest BCUT2D eigenvalue weighted by molar-refractivity contribution is 6.12. The summed E-state index contributed by atoms with van der Waals surface area (Å²) in [4.78, 5) is 135. The van der Waals surface area contributed by atoms with Crippen LogP contribution in [0.25, 0.3) is 56.1 Å². The van der Waals surface area contributed by atoms with E-state index in [-0.39, 0.29) is 86.1 Å². The van der Waals surface area contributed by atoms with Gasteiger partial charge in [-0.1, -0.05) is 31.5 Å². The number of imide groups is 3. The Morgan fingerprint density at radius 2 is 1.03 bits per heavy atom. The molecule has 1 unspecified atom stereocenters. The number of pyridine rings is 3. The first kappa shape index (κ1) is 71.7. The molecule has 0 radical (unpaired) electrons. The number of amides is 9. The summed E-state index contributed by atoms with van der Waals surface area (Å²) in [6, 6.07) is 31.1. The number of fused-ring (bicyclic) bond motifs is 6. The lowest BCUT2D eigenvalue weighted by Crippen LogP contribution is -2.46. The normalized spacial score (nSPS) is 20.3. The predicted octanol–water partition coefficient (Wildman–Crippen LogP) is 8.54. The van der Waals surface area contributed by atoms with Gasteiger partial charge in [0, 0.05) is 98.7 Å². The van der Waals surface area contributed by atoms with Gasteiger partial charge in [-0.25, -0.2) is 24.0 Å². The van der Waals surface area contributed by atoms with Gasteiger partial charge in [0.1, 0.15) is 73.1 Å². The Kier molecular flexibility index (Phi) is 17.6. The van der Waals surface area contributed by atoms with Crippen molar-refractivity contribution in [2.24, 2.45) is 17.3 Å². The van der Waals surface area contributed by atoms with Crippen molar-refractivity contribution in [1.29, 1.82) is 0 Å². The summed E-state index contributed by atoms with van der Waals surface area (Å²) in [5.74, 6) is -1.92. The van der Waals surface area contributed by atoms with Gasteiger partial charge in [-0.05, 0) is 117 Å². The van der Waals surface area contributed by atoms with E-state index in [1.807, 2.05) is 52.1 Å². The van der Waals surface area contributed by atoms with Gasteiger partial charge in [-0.15, -0.1) is 5.10 Å². The molecule has 5 N–H and O–H groups in total. The first-order valence-electron chi connectivity index (χ1n) is 35.6. The van der Waals surface area contributed by atoms with Crippen molar-refractivity contribution >= 4 is 98.0 Å². The highest BCUT2D eigenvalue weighted by Crippen LogP contribution is 2.45. The SMILES string of the molecule is CCCC1C=C(c2ccc3oc([C@]4(CN5Cc6ccc(OC)cc6C5=O)CC(=O)NC4=O)cc3n2)N=N1.COc1ccc2c(c1)C(=O)N(C[C@@]1(c3cc4nc(-n5nc(N)cc5C)ccc4o3)CC(=O)NC1=O)C2.COc1ccc2c(c1F)C(=O)N(C[C@@]1(c3cc4nc(-c5c(C)nn(C)c5C)ccc4o3)CC(=O)NC1=O)C2. The summed E-state index contributed by atoms with van der Waals surface area (Å²) >= 11 is 0. The van der Waals surface area contributed by atoms with Crippen LogP contribution in [0.3, 0.4) is 0 Å². The molecule has 11 aromatic rings. The molecule has 8 aromatic heterocycles. The number of nitrogens with two attached hydrogens (primary N) is 1. The maximum atomic E-state index is 14.9. The number of nitrogens with one attached hydrogen (secondary N) is 3. The molecule has 0 aliphatic carbocycles. The smallest absolute Gasteiger partial charge is 0.257 e. The van der Waals surface area contributed by atoms with Crippen molar-refractivity contribution < 1.29 is 75.0 Å². The second-order valence-electron chi connectivity index (χ2n) is 28.5. The summed E-state index contributed by atoms with van der Waals surface area (Å²) in [6.45, 7) is 8.33. The Bertz CT molecular complexity index is 5930. The number of anilines is 1.